The Labute approximate surface area is 121 Å². The standard InChI is InChI=1S/C13H24N4O2S/c1-15-13(11-14)5-3-4-12(10-13)16-6-8-17(9-7-16)20(2,18)19/h12,15H,3-10H2,1-2H3. The van der Waals surface area contributed by atoms with Gasteiger partial charge in [0.05, 0.1) is 12.3 Å². The number of nitrogens with zero attached hydrogens (tertiary/aromatic N) is 3. The van der Waals surface area contributed by atoms with E-state index < -0.39 is 15.6 Å². The molecule has 1 saturated carbocycles. The van der Waals surface area contributed by atoms with Crippen molar-refractivity contribution in [1.29, 1.82) is 5.26 Å². The fourth-order valence-electron chi connectivity index (χ4n) is 3.34. The third kappa shape index (κ3) is 3.31. The number of piperazine rings is 1. The van der Waals surface area contributed by atoms with Crippen molar-refractivity contribution in [2.75, 3.05) is 39.5 Å². The molecule has 2 aliphatic rings. The van der Waals surface area contributed by atoms with Gasteiger partial charge in [0.15, 0.2) is 0 Å². The Bertz CT molecular complexity index is 479. The van der Waals surface area contributed by atoms with Gasteiger partial charge in [0.25, 0.3) is 0 Å². The highest BCUT2D eigenvalue weighted by atomic mass is 32.2. The highest BCUT2D eigenvalue weighted by Crippen LogP contribution is 2.31. The van der Waals surface area contributed by atoms with Crippen molar-refractivity contribution in [2.24, 2.45) is 0 Å². The molecule has 2 fully saturated rings. The van der Waals surface area contributed by atoms with Crippen molar-refractivity contribution < 1.29 is 8.42 Å². The lowest BCUT2D eigenvalue weighted by atomic mass is 9.79. The summed E-state index contributed by atoms with van der Waals surface area (Å²) in [5.74, 6) is 0. The normalized spacial score (nSPS) is 33.8. The van der Waals surface area contributed by atoms with Gasteiger partial charge in [0.1, 0.15) is 5.54 Å². The molecule has 0 aromatic heterocycles. The zero-order chi connectivity index (χ0) is 14.8. The molecule has 2 atom stereocenters. The highest BCUT2D eigenvalue weighted by Gasteiger charge is 2.38. The number of hydrogen-bond acceptors (Lipinski definition) is 5. The summed E-state index contributed by atoms with van der Waals surface area (Å²) in [6, 6.07) is 2.81. The minimum atomic E-state index is -3.07. The predicted molar refractivity (Wildman–Crippen MR) is 77.6 cm³/mol. The smallest absolute Gasteiger partial charge is 0.211 e. The maximum absolute atomic E-state index is 11.5. The molecule has 0 aromatic carbocycles. The van der Waals surface area contributed by atoms with Crippen molar-refractivity contribution in [1.82, 2.24) is 14.5 Å². The number of hydrogen-bond donors (Lipinski definition) is 1. The van der Waals surface area contributed by atoms with E-state index in [0.717, 1.165) is 38.8 Å². The van der Waals surface area contributed by atoms with Crippen molar-refractivity contribution in [3.63, 3.8) is 0 Å². The second-order valence-electron chi connectivity index (χ2n) is 5.89. The van der Waals surface area contributed by atoms with Gasteiger partial charge in [-0.05, 0) is 32.7 Å². The van der Waals surface area contributed by atoms with E-state index in [0.29, 0.717) is 19.1 Å². The van der Waals surface area contributed by atoms with Crippen LogP contribution in [0.5, 0.6) is 0 Å². The van der Waals surface area contributed by atoms with Crippen LogP contribution in [0.25, 0.3) is 0 Å². The summed E-state index contributed by atoms with van der Waals surface area (Å²) >= 11 is 0. The third-order valence-corrected chi connectivity index (χ3v) is 5.98. The van der Waals surface area contributed by atoms with E-state index in [4.69, 9.17) is 0 Å². The van der Waals surface area contributed by atoms with Crippen LogP contribution in [0, 0.1) is 11.3 Å². The van der Waals surface area contributed by atoms with Crippen LogP contribution in [0.15, 0.2) is 0 Å². The summed E-state index contributed by atoms with van der Waals surface area (Å²) in [4.78, 5) is 2.35. The molecule has 1 saturated heterocycles. The topological polar surface area (TPSA) is 76.4 Å². The summed E-state index contributed by atoms with van der Waals surface area (Å²) < 4.78 is 24.6. The molecule has 7 heteroatoms. The molecule has 2 rings (SSSR count). The van der Waals surface area contributed by atoms with Crippen molar-refractivity contribution in [2.45, 2.75) is 37.3 Å². The summed E-state index contributed by atoms with van der Waals surface area (Å²) in [5, 5.41) is 12.6. The van der Waals surface area contributed by atoms with Gasteiger partial charge in [-0.15, -0.1) is 0 Å². The zero-order valence-electron chi connectivity index (χ0n) is 12.3. The first-order valence-corrected chi connectivity index (χ1v) is 9.04. The van der Waals surface area contributed by atoms with Gasteiger partial charge in [0, 0.05) is 32.2 Å². The molecule has 0 bridgehead atoms. The van der Waals surface area contributed by atoms with Crippen molar-refractivity contribution >= 4 is 10.0 Å². The molecule has 1 N–H and O–H groups in total. The van der Waals surface area contributed by atoms with E-state index >= 15 is 0 Å². The number of nitriles is 1. The van der Waals surface area contributed by atoms with Crippen LogP contribution in [0.1, 0.15) is 25.7 Å². The molecule has 0 aromatic rings. The van der Waals surface area contributed by atoms with Crippen molar-refractivity contribution in [3.05, 3.63) is 0 Å². The van der Waals surface area contributed by atoms with Crippen LogP contribution in [-0.2, 0) is 10.0 Å². The SMILES string of the molecule is CNC1(C#N)CCCC(N2CCN(S(C)(=O)=O)CC2)C1. The molecule has 0 amide bonds. The van der Waals surface area contributed by atoms with Gasteiger partial charge in [-0.3, -0.25) is 4.90 Å². The summed E-state index contributed by atoms with van der Waals surface area (Å²) in [5.41, 5.74) is -0.406. The van der Waals surface area contributed by atoms with E-state index in [1.165, 1.54) is 6.26 Å². The quantitative estimate of drug-likeness (QED) is 0.793. The maximum Gasteiger partial charge on any atom is 0.211 e. The molecule has 1 aliphatic heterocycles. The van der Waals surface area contributed by atoms with Gasteiger partial charge in [0.2, 0.25) is 10.0 Å². The fraction of sp³-hybridized carbons (Fsp3) is 0.923. The predicted octanol–water partition coefficient (Wildman–Crippen LogP) is -0.0120. The Morgan fingerprint density at radius 2 is 1.95 bits per heavy atom. The Kier molecular flexibility index (Phi) is 4.69. The first kappa shape index (κ1) is 15.7. The minimum Gasteiger partial charge on any atom is -0.302 e. The van der Waals surface area contributed by atoms with E-state index in [1.54, 1.807) is 4.31 Å². The summed E-state index contributed by atoms with van der Waals surface area (Å²) in [6.45, 7) is 2.66. The van der Waals surface area contributed by atoms with Gasteiger partial charge in [-0.2, -0.15) is 9.57 Å². The fourth-order valence-corrected chi connectivity index (χ4v) is 4.17. The van der Waals surface area contributed by atoms with Crippen LogP contribution in [0.2, 0.25) is 0 Å². The minimum absolute atomic E-state index is 0.387. The molecular formula is C13H24N4O2S. The first-order valence-electron chi connectivity index (χ1n) is 7.19. The Balaban J connectivity index is 1.96. The van der Waals surface area contributed by atoms with Gasteiger partial charge in [-0.1, -0.05) is 0 Å². The molecule has 20 heavy (non-hydrogen) atoms. The van der Waals surface area contributed by atoms with Crippen LogP contribution in [-0.4, -0.2) is 68.7 Å². The lowest BCUT2D eigenvalue weighted by Gasteiger charge is -2.44. The van der Waals surface area contributed by atoms with E-state index in [9.17, 15) is 13.7 Å². The lowest BCUT2D eigenvalue weighted by Crippen LogP contribution is -2.56. The number of sulfonamides is 1. The van der Waals surface area contributed by atoms with Gasteiger partial charge < -0.3 is 5.32 Å². The monoisotopic (exact) mass is 300 g/mol. The molecule has 1 heterocycles. The van der Waals surface area contributed by atoms with Gasteiger partial charge in [-0.25, -0.2) is 8.42 Å². The maximum atomic E-state index is 11.5. The molecule has 0 radical (unpaired) electrons. The molecule has 1 aliphatic carbocycles. The van der Waals surface area contributed by atoms with E-state index in [1.807, 2.05) is 7.05 Å². The third-order valence-electron chi connectivity index (χ3n) is 4.68. The second-order valence-corrected chi connectivity index (χ2v) is 7.87. The first-order chi connectivity index (χ1) is 9.40. The van der Waals surface area contributed by atoms with Crippen LogP contribution in [0.3, 0.4) is 0 Å². The lowest BCUT2D eigenvalue weighted by molar-refractivity contribution is 0.0893. The largest absolute Gasteiger partial charge is 0.302 e. The molecule has 2 unspecified atom stereocenters. The second kappa shape index (κ2) is 5.98. The number of rotatable bonds is 3. The van der Waals surface area contributed by atoms with Gasteiger partial charge >= 0.3 is 0 Å². The highest BCUT2D eigenvalue weighted by molar-refractivity contribution is 7.88. The van der Waals surface area contributed by atoms with Crippen molar-refractivity contribution in [3.8, 4) is 6.07 Å². The number of nitrogens with one attached hydrogen (secondary N) is 1. The van der Waals surface area contributed by atoms with E-state index in [-0.39, 0.29) is 0 Å². The van der Waals surface area contributed by atoms with Crippen LogP contribution >= 0.6 is 0 Å². The van der Waals surface area contributed by atoms with Crippen LogP contribution in [0.4, 0.5) is 0 Å². The zero-order valence-corrected chi connectivity index (χ0v) is 13.1. The molecular weight excluding hydrogens is 276 g/mol. The Morgan fingerprint density at radius 1 is 1.30 bits per heavy atom. The van der Waals surface area contributed by atoms with Crippen LogP contribution < -0.4 is 5.32 Å². The molecule has 6 nitrogen and oxygen atoms in total. The molecule has 0 spiro atoms. The average Bonchev–Trinajstić information content (AvgIpc) is 2.46. The summed E-state index contributed by atoms with van der Waals surface area (Å²) in [7, 11) is -1.22. The Hall–Kier alpha value is -0.680. The van der Waals surface area contributed by atoms with E-state index in [2.05, 4.69) is 16.3 Å². The summed E-state index contributed by atoms with van der Waals surface area (Å²) in [6.07, 6.45) is 5.15. The molecule has 114 valence electrons. The Morgan fingerprint density at radius 3 is 2.45 bits per heavy atom. The average molecular weight is 300 g/mol.